The smallest absolute Gasteiger partial charge is 0.248 e. The number of fused-ring (bicyclic) bond motifs is 10. The minimum absolute atomic E-state index is 0.483. The predicted molar refractivity (Wildman–Crippen MR) is 346 cm³/mol. The summed E-state index contributed by atoms with van der Waals surface area (Å²) < 4.78 is 24.7. The van der Waals surface area contributed by atoms with Crippen LogP contribution in [0.3, 0.4) is 0 Å². The molecule has 0 amide bonds. The summed E-state index contributed by atoms with van der Waals surface area (Å²) in [6, 6.07) is 64.9. The van der Waals surface area contributed by atoms with Gasteiger partial charge in [0.05, 0.1) is 18.6 Å². The van der Waals surface area contributed by atoms with Gasteiger partial charge in [-0.05, 0) is 165 Å². The molecular formula is C77H80N4O4. The summed E-state index contributed by atoms with van der Waals surface area (Å²) in [6.45, 7) is 6.02. The number of hydrogen-bond donors (Lipinski definition) is 0. The van der Waals surface area contributed by atoms with E-state index in [1.165, 1.54) is 160 Å². The molecular weight excluding hydrogens is 1040 g/mol. The Balaban J connectivity index is 0.716. The van der Waals surface area contributed by atoms with Crippen LogP contribution in [0.2, 0.25) is 0 Å². The van der Waals surface area contributed by atoms with E-state index in [4.69, 9.17) is 18.3 Å². The molecule has 0 radical (unpaired) electrons. The molecule has 0 saturated heterocycles. The first-order chi connectivity index (χ1) is 42.1. The van der Waals surface area contributed by atoms with Gasteiger partial charge in [0, 0.05) is 22.3 Å². The van der Waals surface area contributed by atoms with Crippen molar-refractivity contribution < 1.29 is 18.3 Å². The molecule has 2 aliphatic carbocycles. The van der Waals surface area contributed by atoms with E-state index in [1.54, 1.807) is 0 Å². The Morgan fingerprint density at radius 3 is 0.918 bits per heavy atom. The van der Waals surface area contributed by atoms with Crippen molar-refractivity contribution in [2.24, 2.45) is 0 Å². The minimum Gasteiger partial charge on any atom is -0.494 e. The fraction of sp³-hybridized carbons (Fsp3) is 0.325. The Morgan fingerprint density at radius 1 is 0.282 bits per heavy atom. The molecule has 10 aromatic rings. The SMILES string of the molecule is CCCCCCCCCCCCOc1ccc(-c2nnc(-c3ccc(-c4ccc5c(c4)C4(c6ccccc6-c6ccccc64)c4cc(-c6ccc(-c7nnc(-c8ccc(OCCCCCCCCCCCC)cc8)o7)cc6)ccc4-5)cc3)o2)cc1. The van der Waals surface area contributed by atoms with Crippen LogP contribution < -0.4 is 9.47 Å². The van der Waals surface area contributed by atoms with Gasteiger partial charge in [0.15, 0.2) is 0 Å². The van der Waals surface area contributed by atoms with Crippen molar-refractivity contribution in [1.29, 1.82) is 0 Å². The van der Waals surface area contributed by atoms with Crippen LogP contribution in [0.1, 0.15) is 165 Å². The van der Waals surface area contributed by atoms with Crippen LogP contribution in [-0.4, -0.2) is 33.6 Å². The Labute approximate surface area is 503 Å². The third-order valence-electron chi connectivity index (χ3n) is 17.6. The summed E-state index contributed by atoms with van der Waals surface area (Å²) in [5.74, 6) is 3.65. The molecule has 85 heavy (non-hydrogen) atoms. The van der Waals surface area contributed by atoms with Crippen molar-refractivity contribution in [3.63, 3.8) is 0 Å². The first kappa shape index (κ1) is 57.1. The molecule has 8 heteroatoms. The van der Waals surface area contributed by atoms with Crippen LogP contribution >= 0.6 is 0 Å². The second-order valence-electron chi connectivity index (χ2n) is 23.5. The largest absolute Gasteiger partial charge is 0.494 e. The van der Waals surface area contributed by atoms with Gasteiger partial charge >= 0.3 is 0 Å². The van der Waals surface area contributed by atoms with Crippen molar-refractivity contribution in [3.05, 3.63) is 204 Å². The topological polar surface area (TPSA) is 96.3 Å². The predicted octanol–water partition coefficient (Wildman–Crippen LogP) is 21.4. The quantitative estimate of drug-likeness (QED) is 0.0411. The van der Waals surface area contributed by atoms with E-state index in [2.05, 4.69) is 168 Å². The Hall–Kier alpha value is -8.36. The third kappa shape index (κ3) is 12.7. The molecule has 0 bridgehead atoms. The average molecular weight is 1130 g/mol. The van der Waals surface area contributed by atoms with E-state index in [0.717, 1.165) is 82.1 Å². The normalized spacial score (nSPS) is 12.5. The van der Waals surface area contributed by atoms with Crippen LogP contribution in [0, 0.1) is 0 Å². The number of benzene rings is 8. The number of ether oxygens (including phenoxy) is 2. The van der Waals surface area contributed by atoms with Gasteiger partial charge in [0.25, 0.3) is 0 Å². The molecule has 0 saturated carbocycles. The minimum atomic E-state index is -0.530. The molecule has 1 spiro atoms. The lowest BCUT2D eigenvalue weighted by atomic mass is 9.70. The third-order valence-corrected chi connectivity index (χ3v) is 17.6. The Morgan fingerprint density at radius 2 is 0.565 bits per heavy atom. The summed E-state index contributed by atoms with van der Waals surface area (Å²) in [4.78, 5) is 0. The van der Waals surface area contributed by atoms with E-state index in [9.17, 15) is 0 Å². The maximum Gasteiger partial charge on any atom is 0.248 e. The molecule has 2 heterocycles. The zero-order valence-corrected chi connectivity index (χ0v) is 49.8. The van der Waals surface area contributed by atoms with Crippen molar-refractivity contribution in [3.8, 4) is 102 Å². The lowest BCUT2D eigenvalue weighted by Gasteiger charge is -2.31. The second kappa shape index (κ2) is 27.6. The van der Waals surface area contributed by atoms with Gasteiger partial charge in [-0.2, -0.15) is 0 Å². The first-order valence-corrected chi connectivity index (χ1v) is 31.9. The summed E-state index contributed by atoms with van der Waals surface area (Å²) in [6.07, 6.45) is 26.2. The fourth-order valence-electron chi connectivity index (χ4n) is 13.0. The van der Waals surface area contributed by atoms with E-state index >= 15 is 0 Å². The highest BCUT2D eigenvalue weighted by atomic mass is 16.5. The summed E-state index contributed by atoms with van der Waals surface area (Å²) >= 11 is 0. The van der Waals surface area contributed by atoms with Crippen molar-refractivity contribution in [2.45, 2.75) is 148 Å². The van der Waals surface area contributed by atoms with E-state index in [-0.39, 0.29) is 0 Å². The standard InChI is InChI=1S/C77H80N4O4/c1-3-5-7-9-11-13-15-17-19-25-51-82-63-45-39-59(40-46-63)75-80-78-73(84-75)57-35-31-55(32-36-57)61-43-49-67-68-50-44-62(54-72(68)77(71(67)53-61)69-29-23-21-27-65(69)66-28-22-24-30-70(66)77)56-33-37-58(38-34-56)74-79-81-76(85-74)60-41-47-64(48-42-60)83-52-26-20-18-16-14-12-10-8-6-4-2/h21-24,27-50,53-54H,3-20,25-26,51-52H2,1-2H3. The van der Waals surface area contributed by atoms with Crippen LogP contribution in [0.5, 0.6) is 11.5 Å². The van der Waals surface area contributed by atoms with E-state index < -0.39 is 5.41 Å². The van der Waals surface area contributed by atoms with Gasteiger partial charge in [0.1, 0.15) is 11.5 Å². The highest BCUT2D eigenvalue weighted by Gasteiger charge is 2.51. The van der Waals surface area contributed by atoms with Gasteiger partial charge in [-0.25, -0.2) is 0 Å². The van der Waals surface area contributed by atoms with Gasteiger partial charge in [-0.1, -0.05) is 226 Å². The Kier molecular flexibility index (Phi) is 18.5. The van der Waals surface area contributed by atoms with Crippen molar-refractivity contribution in [2.75, 3.05) is 13.2 Å². The molecule has 0 fully saturated rings. The molecule has 0 N–H and O–H groups in total. The molecule has 8 nitrogen and oxygen atoms in total. The average Bonchev–Trinajstić information content (AvgIpc) is 1.86. The van der Waals surface area contributed by atoms with Crippen molar-refractivity contribution >= 4 is 0 Å². The van der Waals surface area contributed by atoms with E-state index in [1.807, 2.05) is 48.5 Å². The molecule has 0 unspecified atom stereocenters. The summed E-state index contributed by atoms with van der Waals surface area (Å²) in [5.41, 5.74) is 17.6. The van der Waals surface area contributed by atoms with Crippen LogP contribution in [-0.2, 0) is 5.41 Å². The van der Waals surface area contributed by atoms with Crippen LogP contribution in [0.15, 0.2) is 191 Å². The van der Waals surface area contributed by atoms with Gasteiger partial charge < -0.3 is 18.3 Å². The van der Waals surface area contributed by atoms with Gasteiger partial charge in [0.2, 0.25) is 23.6 Å². The zero-order chi connectivity index (χ0) is 57.6. The van der Waals surface area contributed by atoms with Crippen LogP contribution in [0.25, 0.3) is 90.3 Å². The lowest BCUT2D eigenvalue weighted by molar-refractivity contribution is 0.304. The number of unbranched alkanes of at least 4 members (excludes halogenated alkanes) is 18. The molecule has 432 valence electrons. The van der Waals surface area contributed by atoms with Gasteiger partial charge in [-0.15, -0.1) is 20.4 Å². The van der Waals surface area contributed by atoms with Crippen LogP contribution in [0.4, 0.5) is 0 Å². The Bertz CT molecular complexity index is 3520. The maximum atomic E-state index is 6.28. The lowest BCUT2D eigenvalue weighted by Crippen LogP contribution is -2.26. The highest BCUT2D eigenvalue weighted by molar-refractivity contribution is 5.97. The van der Waals surface area contributed by atoms with Gasteiger partial charge in [-0.3, -0.25) is 0 Å². The summed E-state index contributed by atoms with van der Waals surface area (Å²) in [5, 5.41) is 17.8. The molecule has 2 aliphatic rings. The summed E-state index contributed by atoms with van der Waals surface area (Å²) in [7, 11) is 0. The number of aromatic nitrogens is 4. The fourth-order valence-corrected chi connectivity index (χ4v) is 13.0. The molecule has 12 rings (SSSR count). The number of nitrogens with zero attached hydrogens (tertiary/aromatic N) is 4. The molecule has 0 aliphatic heterocycles. The first-order valence-electron chi connectivity index (χ1n) is 31.9. The monoisotopic (exact) mass is 1120 g/mol. The molecule has 0 atom stereocenters. The highest BCUT2D eigenvalue weighted by Crippen LogP contribution is 2.63. The number of hydrogen-bond acceptors (Lipinski definition) is 8. The van der Waals surface area contributed by atoms with E-state index in [0.29, 0.717) is 23.6 Å². The molecule has 2 aromatic heterocycles. The second-order valence-corrected chi connectivity index (χ2v) is 23.5. The maximum absolute atomic E-state index is 6.28. The zero-order valence-electron chi connectivity index (χ0n) is 49.8. The van der Waals surface area contributed by atoms with Crippen molar-refractivity contribution in [1.82, 2.24) is 20.4 Å². The number of rotatable bonds is 30. The molecule has 8 aromatic carbocycles.